The fourth-order valence-electron chi connectivity index (χ4n) is 1.99. The fourth-order valence-corrected chi connectivity index (χ4v) is 2.70. The van der Waals surface area contributed by atoms with Gasteiger partial charge in [-0.1, -0.05) is 18.2 Å². The third-order valence-electron chi connectivity index (χ3n) is 3.30. The molecule has 5 nitrogen and oxygen atoms in total. The topological polar surface area (TPSA) is 71.2 Å². The number of nitrogen functional groups attached to an aromatic ring is 1. The quantitative estimate of drug-likeness (QED) is 0.504. The van der Waals surface area contributed by atoms with Crippen molar-refractivity contribution >= 4 is 17.2 Å². The summed E-state index contributed by atoms with van der Waals surface area (Å²) in [5.74, 6) is 4.44. The molecule has 1 aromatic heterocycles. The lowest BCUT2D eigenvalue weighted by Gasteiger charge is -2.24. The second-order valence-corrected chi connectivity index (χ2v) is 5.59. The molecule has 1 amide bonds. The number of nitrogens with two attached hydrogens (primary N) is 1. The van der Waals surface area contributed by atoms with Crippen LogP contribution >= 0.6 is 11.3 Å². The second-order valence-electron chi connectivity index (χ2n) is 4.73. The first kappa shape index (κ1) is 15.6. The Morgan fingerprint density at radius 1 is 1.52 bits per heavy atom. The molecule has 112 valence electrons. The number of thiazole rings is 1. The summed E-state index contributed by atoms with van der Waals surface area (Å²) in [6, 6.07) is 6.61. The molecule has 21 heavy (non-hydrogen) atoms. The Balaban J connectivity index is 2.07. The van der Waals surface area contributed by atoms with Gasteiger partial charge in [-0.05, 0) is 20.0 Å². The van der Waals surface area contributed by atoms with Gasteiger partial charge in [0.05, 0.1) is 5.69 Å². The Morgan fingerprint density at radius 2 is 2.24 bits per heavy atom. The van der Waals surface area contributed by atoms with Crippen molar-refractivity contribution in [1.29, 1.82) is 0 Å². The van der Waals surface area contributed by atoms with Crippen LogP contribution in [0.5, 0.6) is 0 Å². The van der Waals surface area contributed by atoms with E-state index in [9.17, 15) is 9.18 Å². The molecular weight excluding hydrogens is 291 g/mol. The van der Waals surface area contributed by atoms with Gasteiger partial charge in [-0.2, -0.15) is 0 Å². The number of rotatable bonds is 5. The lowest BCUT2D eigenvalue weighted by molar-refractivity contribution is 0.0953. The van der Waals surface area contributed by atoms with Crippen molar-refractivity contribution in [2.45, 2.75) is 19.5 Å². The van der Waals surface area contributed by atoms with Crippen LogP contribution in [0.25, 0.3) is 0 Å². The van der Waals surface area contributed by atoms with Crippen LogP contribution in [0.15, 0.2) is 29.6 Å². The summed E-state index contributed by atoms with van der Waals surface area (Å²) in [4.78, 5) is 17.5. The zero-order chi connectivity index (χ0) is 15.4. The van der Waals surface area contributed by atoms with Crippen molar-refractivity contribution in [3.8, 4) is 0 Å². The molecule has 0 bridgehead atoms. The number of halogens is 1. The van der Waals surface area contributed by atoms with Crippen molar-refractivity contribution < 1.29 is 9.18 Å². The minimum absolute atomic E-state index is 0.0975. The zero-order valence-electron chi connectivity index (χ0n) is 11.8. The molecule has 0 saturated carbocycles. The van der Waals surface area contributed by atoms with E-state index in [1.807, 2.05) is 30.4 Å². The van der Waals surface area contributed by atoms with Crippen LogP contribution in [0.2, 0.25) is 0 Å². The summed E-state index contributed by atoms with van der Waals surface area (Å²) in [6.45, 7) is 2.45. The average Bonchev–Trinajstić information content (AvgIpc) is 2.94. The number of benzene rings is 1. The van der Waals surface area contributed by atoms with E-state index in [-0.39, 0.29) is 11.9 Å². The predicted molar refractivity (Wildman–Crippen MR) is 80.0 cm³/mol. The van der Waals surface area contributed by atoms with Crippen molar-refractivity contribution in [2.75, 3.05) is 7.05 Å². The maximum Gasteiger partial charge on any atom is 0.294 e. The first-order chi connectivity index (χ1) is 10.0. The number of hydrazine groups is 1. The number of hydrogen-bond acceptors (Lipinski definition) is 5. The molecule has 1 heterocycles. The zero-order valence-corrected chi connectivity index (χ0v) is 12.7. The number of carbonyl (C=O) groups is 1. The van der Waals surface area contributed by atoms with Crippen LogP contribution in [0.4, 0.5) is 4.39 Å². The van der Waals surface area contributed by atoms with Crippen molar-refractivity contribution in [2.24, 2.45) is 5.84 Å². The number of nitrogens with one attached hydrogen (secondary N) is 1. The van der Waals surface area contributed by atoms with Gasteiger partial charge in [0.15, 0.2) is 5.01 Å². The van der Waals surface area contributed by atoms with Gasteiger partial charge in [0, 0.05) is 23.5 Å². The van der Waals surface area contributed by atoms with Crippen molar-refractivity contribution in [3.63, 3.8) is 0 Å². The predicted octanol–water partition coefficient (Wildman–Crippen LogP) is 2.08. The molecule has 1 aromatic carbocycles. The SMILES string of the molecule is CC(c1ccccc1F)N(C)Cc1csc(C(=O)NN)n1. The van der Waals surface area contributed by atoms with E-state index in [1.165, 1.54) is 17.4 Å². The highest BCUT2D eigenvalue weighted by atomic mass is 32.1. The summed E-state index contributed by atoms with van der Waals surface area (Å²) >= 11 is 1.23. The molecule has 0 fully saturated rings. The first-order valence-corrected chi connectivity index (χ1v) is 7.31. The number of amides is 1. The molecule has 2 rings (SSSR count). The van der Waals surface area contributed by atoms with Crippen LogP contribution in [-0.2, 0) is 6.54 Å². The average molecular weight is 308 g/mol. The van der Waals surface area contributed by atoms with Gasteiger partial charge in [-0.15, -0.1) is 11.3 Å². The molecule has 3 N–H and O–H groups in total. The fraction of sp³-hybridized carbons (Fsp3) is 0.286. The molecular formula is C14H17FN4OS. The Bertz CT molecular complexity index is 631. The number of hydrogen-bond donors (Lipinski definition) is 2. The number of aromatic nitrogens is 1. The van der Waals surface area contributed by atoms with E-state index < -0.39 is 5.91 Å². The Morgan fingerprint density at radius 3 is 2.90 bits per heavy atom. The molecule has 1 unspecified atom stereocenters. The van der Waals surface area contributed by atoms with E-state index >= 15 is 0 Å². The second kappa shape index (κ2) is 6.75. The Labute approximate surface area is 126 Å². The lowest BCUT2D eigenvalue weighted by atomic mass is 10.1. The summed E-state index contributed by atoms with van der Waals surface area (Å²) in [6.07, 6.45) is 0. The van der Waals surface area contributed by atoms with E-state index in [0.717, 1.165) is 5.69 Å². The highest BCUT2D eigenvalue weighted by Gasteiger charge is 2.17. The summed E-state index contributed by atoms with van der Waals surface area (Å²) in [7, 11) is 1.89. The highest BCUT2D eigenvalue weighted by molar-refractivity contribution is 7.11. The molecule has 0 saturated heterocycles. The standard InChI is InChI=1S/C14H17FN4OS/c1-9(11-5-3-4-6-12(11)15)19(2)7-10-8-21-14(17-10)13(20)18-16/h3-6,8-9H,7,16H2,1-2H3,(H,18,20). The van der Waals surface area contributed by atoms with Gasteiger partial charge < -0.3 is 0 Å². The van der Waals surface area contributed by atoms with Gasteiger partial charge in [0.2, 0.25) is 0 Å². The van der Waals surface area contributed by atoms with Crippen LogP contribution in [0.1, 0.15) is 34.0 Å². The maximum absolute atomic E-state index is 13.8. The minimum Gasteiger partial charge on any atom is -0.294 e. The largest absolute Gasteiger partial charge is 0.294 e. The van der Waals surface area contributed by atoms with Crippen LogP contribution in [0.3, 0.4) is 0 Å². The van der Waals surface area contributed by atoms with Crippen LogP contribution in [-0.4, -0.2) is 22.8 Å². The summed E-state index contributed by atoms with van der Waals surface area (Å²) < 4.78 is 13.8. The number of nitrogens with zero attached hydrogens (tertiary/aromatic N) is 2. The lowest BCUT2D eigenvalue weighted by Crippen LogP contribution is -2.30. The van der Waals surface area contributed by atoms with E-state index in [2.05, 4.69) is 4.98 Å². The monoisotopic (exact) mass is 308 g/mol. The third kappa shape index (κ3) is 3.63. The molecule has 0 radical (unpaired) electrons. The summed E-state index contributed by atoms with van der Waals surface area (Å²) in [5, 5.41) is 2.12. The van der Waals surface area contributed by atoms with Crippen molar-refractivity contribution in [3.05, 3.63) is 51.7 Å². The molecule has 2 aromatic rings. The van der Waals surface area contributed by atoms with Crippen molar-refractivity contribution in [1.82, 2.24) is 15.3 Å². The van der Waals surface area contributed by atoms with Crippen LogP contribution in [0, 0.1) is 5.82 Å². The normalized spacial score (nSPS) is 12.4. The highest BCUT2D eigenvalue weighted by Crippen LogP contribution is 2.23. The third-order valence-corrected chi connectivity index (χ3v) is 4.19. The first-order valence-electron chi connectivity index (χ1n) is 6.43. The number of carbonyl (C=O) groups excluding carboxylic acids is 1. The molecule has 1 atom stereocenters. The molecule has 7 heteroatoms. The van der Waals surface area contributed by atoms with E-state index in [0.29, 0.717) is 17.1 Å². The maximum atomic E-state index is 13.8. The Kier molecular flexibility index (Phi) is 5.00. The molecule has 0 spiro atoms. The molecule has 0 aliphatic heterocycles. The Hall–Kier alpha value is -1.83. The van der Waals surface area contributed by atoms with Gasteiger partial charge >= 0.3 is 0 Å². The summed E-state index contributed by atoms with van der Waals surface area (Å²) in [5.41, 5.74) is 3.44. The van der Waals surface area contributed by atoms with Crippen LogP contribution < -0.4 is 11.3 Å². The smallest absolute Gasteiger partial charge is 0.294 e. The van der Waals surface area contributed by atoms with Gasteiger partial charge in [-0.25, -0.2) is 15.2 Å². The molecule has 0 aliphatic rings. The molecule has 0 aliphatic carbocycles. The van der Waals surface area contributed by atoms with E-state index in [4.69, 9.17) is 5.84 Å². The minimum atomic E-state index is -0.406. The van der Waals surface area contributed by atoms with Gasteiger partial charge in [0.25, 0.3) is 5.91 Å². The van der Waals surface area contributed by atoms with Gasteiger partial charge in [-0.3, -0.25) is 15.1 Å². The van der Waals surface area contributed by atoms with Gasteiger partial charge in [0.1, 0.15) is 5.82 Å². The van der Waals surface area contributed by atoms with E-state index in [1.54, 1.807) is 17.5 Å².